The maximum Gasteiger partial charge on any atom is 0.217 e. The molecular weight excluding hydrogens is 368 g/mol. The van der Waals surface area contributed by atoms with E-state index in [1.54, 1.807) is 22.7 Å². The summed E-state index contributed by atoms with van der Waals surface area (Å²) in [5, 5.41) is -0.373. The highest BCUT2D eigenvalue weighted by molar-refractivity contribution is 8.14. The molecule has 0 N–H and O–H groups in total. The van der Waals surface area contributed by atoms with Gasteiger partial charge in [-0.3, -0.25) is 9.59 Å². The summed E-state index contributed by atoms with van der Waals surface area (Å²) in [7, 11) is 3.59. The first-order chi connectivity index (χ1) is 10.6. The van der Waals surface area contributed by atoms with E-state index in [2.05, 4.69) is 13.8 Å². The molecule has 23 heavy (non-hydrogen) atoms. The SMILES string of the molecule is CN(SC(=O)CC(=O)SN(C)C(=S)C1(C)CC1)C(=S)C1(C)CC1. The first kappa shape index (κ1) is 19.1. The van der Waals surface area contributed by atoms with Gasteiger partial charge in [-0.2, -0.15) is 0 Å². The van der Waals surface area contributed by atoms with E-state index < -0.39 is 0 Å². The van der Waals surface area contributed by atoms with E-state index in [-0.39, 0.29) is 27.5 Å². The number of thiocarbonyl (C=S) groups is 2. The van der Waals surface area contributed by atoms with Crippen LogP contribution in [0.1, 0.15) is 46.0 Å². The van der Waals surface area contributed by atoms with Crippen molar-refractivity contribution < 1.29 is 9.59 Å². The van der Waals surface area contributed by atoms with E-state index in [9.17, 15) is 9.59 Å². The van der Waals surface area contributed by atoms with Crippen LogP contribution in [0.4, 0.5) is 0 Å². The third kappa shape index (κ3) is 4.90. The number of nitrogens with zero attached hydrogens (tertiary/aromatic N) is 2. The zero-order chi connectivity index (χ0) is 17.4. The monoisotopic (exact) mass is 390 g/mol. The van der Waals surface area contributed by atoms with Gasteiger partial charge in [-0.25, -0.2) is 0 Å². The Labute approximate surface area is 157 Å². The maximum absolute atomic E-state index is 12.1. The Kier molecular flexibility index (Phi) is 5.81. The molecule has 0 amide bonds. The summed E-state index contributed by atoms with van der Waals surface area (Å²) < 4.78 is 3.45. The predicted molar refractivity (Wildman–Crippen MR) is 105 cm³/mol. The van der Waals surface area contributed by atoms with Crippen molar-refractivity contribution in [2.75, 3.05) is 14.1 Å². The van der Waals surface area contributed by atoms with Gasteiger partial charge in [0.2, 0.25) is 10.2 Å². The molecule has 0 aromatic heterocycles. The van der Waals surface area contributed by atoms with Crippen LogP contribution in [0.3, 0.4) is 0 Å². The van der Waals surface area contributed by atoms with Crippen LogP contribution in [0, 0.1) is 10.8 Å². The van der Waals surface area contributed by atoms with Crippen LogP contribution >= 0.6 is 48.3 Å². The molecule has 0 spiro atoms. The summed E-state index contributed by atoms with van der Waals surface area (Å²) in [6.45, 7) is 4.21. The van der Waals surface area contributed by atoms with E-state index in [0.29, 0.717) is 0 Å². The Balaban J connectivity index is 1.75. The standard InChI is InChI=1S/C15H22N2O2S4/c1-14(5-6-14)12(20)16(3)22-10(18)9-11(19)23-17(4)13(21)15(2)7-8-15/h5-9H2,1-4H3. The summed E-state index contributed by atoms with van der Waals surface area (Å²) in [5.41, 5.74) is 0.116. The second-order valence-corrected chi connectivity index (χ2v) is 9.97. The molecule has 0 heterocycles. The Morgan fingerprint density at radius 1 is 0.870 bits per heavy atom. The lowest BCUT2D eigenvalue weighted by molar-refractivity contribution is -0.118. The molecule has 0 saturated heterocycles. The topological polar surface area (TPSA) is 40.6 Å². The van der Waals surface area contributed by atoms with Crippen molar-refractivity contribution in [1.29, 1.82) is 0 Å². The zero-order valence-corrected chi connectivity index (χ0v) is 17.1. The minimum Gasteiger partial charge on any atom is -0.306 e. The fraction of sp³-hybridized carbons (Fsp3) is 0.733. The highest BCUT2D eigenvalue weighted by Crippen LogP contribution is 2.48. The molecule has 0 unspecified atom stereocenters. The Bertz CT molecular complexity index is 508. The molecule has 2 aliphatic rings. The van der Waals surface area contributed by atoms with Crippen molar-refractivity contribution in [2.24, 2.45) is 10.8 Å². The smallest absolute Gasteiger partial charge is 0.217 e. The zero-order valence-electron chi connectivity index (χ0n) is 13.9. The van der Waals surface area contributed by atoms with E-state index >= 15 is 0 Å². The highest BCUT2D eigenvalue weighted by Gasteiger charge is 2.44. The predicted octanol–water partition coefficient (Wildman–Crippen LogP) is 3.84. The minimum atomic E-state index is -0.187. The fourth-order valence-corrected chi connectivity index (χ4v) is 4.47. The number of hydrogen-bond acceptors (Lipinski definition) is 6. The van der Waals surface area contributed by atoms with Gasteiger partial charge in [-0.05, 0) is 25.7 Å². The fourth-order valence-electron chi connectivity index (χ4n) is 2.13. The Morgan fingerprint density at radius 2 is 1.17 bits per heavy atom. The molecule has 0 aromatic carbocycles. The van der Waals surface area contributed by atoms with Gasteiger partial charge in [0.05, 0.1) is 16.4 Å². The first-order valence-corrected chi connectivity index (χ1v) is 9.92. The van der Waals surface area contributed by atoms with Crippen molar-refractivity contribution in [1.82, 2.24) is 8.61 Å². The molecule has 2 aliphatic carbocycles. The van der Waals surface area contributed by atoms with Crippen molar-refractivity contribution in [3.05, 3.63) is 0 Å². The third-order valence-corrected chi connectivity index (χ3v) is 7.74. The molecular formula is C15H22N2O2S4. The van der Waals surface area contributed by atoms with Crippen LogP contribution in [0.15, 0.2) is 0 Å². The Hall–Kier alpha value is -0.180. The summed E-state index contributed by atoms with van der Waals surface area (Å²) in [6.07, 6.45) is 4.16. The first-order valence-electron chi connectivity index (χ1n) is 7.55. The summed E-state index contributed by atoms with van der Waals surface area (Å²) >= 11 is 12.8. The Morgan fingerprint density at radius 3 is 1.43 bits per heavy atom. The summed E-state index contributed by atoms with van der Waals surface area (Å²) in [6, 6.07) is 0. The van der Waals surface area contributed by atoms with E-state index in [1.165, 1.54) is 0 Å². The van der Waals surface area contributed by atoms with Crippen molar-refractivity contribution in [2.45, 2.75) is 46.0 Å². The average Bonchev–Trinajstić information content (AvgIpc) is 3.37. The quantitative estimate of drug-likeness (QED) is 0.407. The van der Waals surface area contributed by atoms with Gasteiger partial charge < -0.3 is 8.61 Å². The van der Waals surface area contributed by atoms with Crippen LogP contribution in [-0.2, 0) is 9.59 Å². The lowest BCUT2D eigenvalue weighted by Gasteiger charge is -2.23. The number of carbonyl (C=O) groups is 2. The average molecular weight is 391 g/mol. The second kappa shape index (κ2) is 6.98. The molecule has 2 fully saturated rings. The summed E-state index contributed by atoms with van der Waals surface area (Å²) in [5.74, 6) is 0. The van der Waals surface area contributed by atoms with Gasteiger partial charge in [0.15, 0.2) is 0 Å². The van der Waals surface area contributed by atoms with E-state index in [1.807, 2.05) is 0 Å². The molecule has 8 heteroatoms. The highest BCUT2D eigenvalue weighted by atomic mass is 32.2. The third-order valence-electron chi connectivity index (χ3n) is 4.37. The molecule has 4 nitrogen and oxygen atoms in total. The molecule has 128 valence electrons. The van der Waals surface area contributed by atoms with Crippen LogP contribution in [0.5, 0.6) is 0 Å². The number of carbonyl (C=O) groups excluding carboxylic acids is 2. The maximum atomic E-state index is 12.1. The second-order valence-electron chi connectivity index (χ2n) is 6.83. The van der Waals surface area contributed by atoms with Crippen molar-refractivity contribution >= 4 is 68.5 Å². The molecule has 0 bridgehead atoms. The van der Waals surface area contributed by atoms with Gasteiger partial charge in [0, 0.05) is 48.8 Å². The van der Waals surface area contributed by atoms with Crippen LogP contribution in [-0.4, -0.2) is 42.9 Å². The van der Waals surface area contributed by atoms with Crippen LogP contribution in [0.25, 0.3) is 0 Å². The van der Waals surface area contributed by atoms with Gasteiger partial charge >= 0.3 is 0 Å². The summed E-state index contributed by atoms with van der Waals surface area (Å²) in [4.78, 5) is 25.7. The van der Waals surface area contributed by atoms with Crippen molar-refractivity contribution in [3.63, 3.8) is 0 Å². The van der Waals surface area contributed by atoms with E-state index in [0.717, 1.165) is 59.6 Å². The molecule has 2 saturated carbocycles. The molecule has 0 atom stereocenters. The lowest BCUT2D eigenvalue weighted by Crippen LogP contribution is -2.28. The van der Waals surface area contributed by atoms with Crippen LogP contribution in [0.2, 0.25) is 0 Å². The number of rotatable bonds is 4. The lowest BCUT2D eigenvalue weighted by atomic mass is 10.1. The van der Waals surface area contributed by atoms with Gasteiger partial charge in [0.1, 0.15) is 0 Å². The normalized spacial score (nSPS) is 19.7. The van der Waals surface area contributed by atoms with Gasteiger partial charge in [-0.15, -0.1) is 0 Å². The van der Waals surface area contributed by atoms with Gasteiger partial charge in [-0.1, -0.05) is 38.3 Å². The van der Waals surface area contributed by atoms with Gasteiger partial charge in [0.25, 0.3) is 0 Å². The largest absolute Gasteiger partial charge is 0.306 e. The van der Waals surface area contributed by atoms with E-state index in [4.69, 9.17) is 24.4 Å². The minimum absolute atomic E-state index is 0.0578. The molecule has 0 radical (unpaired) electrons. The molecule has 2 rings (SSSR count). The molecule has 0 aromatic rings. The van der Waals surface area contributed by atoms with Crippen molar-refractivity contribution in [3.8, 4) is 0 Å². The van der Waals surface area contributed by atoms with Crippen LogP contribution < -0.4 is 0 Å². The number of hydrogen-bond donors (Lipinski definition) is 0. The molecule has 0 aliphatic heterocycles.